The first kappa shape index (κ1) is 11.1. The normalized spacial score (nSPS) is 35.3. The van der Waals surface area contributed by atoms with Crippen LogP contribution in [0.1, 0.15) is 59.8 Å². The Hall–Kier alpha value is 0. The average Bonchev–Trinajstić information content (AvgIpc) is 2.04. The standard InChI is InChI=1S/C13H26/c1-5-6-12-7-8-13(10(2)3)11(4)9-12/h10-13H,5-9H2,1-4H3. The van der Waals surface area contributed by atoms with Crippen LogP contribution < -0.4 is 0 Å². The third-order valence-corrected chi connectivity index (χ3v) is 3.90. The van der Waals surface area contributed by atoms with Crippen molar-refractivity contribution in [3.8, 4) is 0 Å². The van der Waals surface area contributed by atoms with Gasteiger partial charge in [0.2, 0.25) is 0 Å². The molecule has 1 aliphatic carbocycles. The van der Waals surface area contributed by atoms with Crippen LogP contribution in [0.4, 0.5) is 0 Å². The summed E-state index contributed by atoms with van der Waals surface area (Å²) < 4.78 is 0. The van der Waals surface area contributed by atoms with Gasteiger partial charge in [0.1, 0.15) is 0 Å². The van der Waals surface area contributed by atoms with Crippen molar-refractivity contribution >= 4 is 0 Å². The van der Waals surface area contributed by atoms with Gasteiger partial charge >= 0.3 is 0 Å². The predicted octanol–water partition coefficient (Wildman–Crippen LogP) is 4.49. The van der Waals surface area contributed by atoms with E-state index in [1.54, 1.807) is 0 Å². The molecule has 0 N–H and O–H groups in total. The van der Waals surface area contributed by atoms with E-state index in [0.717, 1.165) is 23.7 Å². The Morgan fingerprint density at radius 2 is 1.92 bits per heavy atom. The van der Waals surface area contributed by atoms with Crippen LogP contribution in [-0.4, -0.2) is 0 Å². The fourth-order valence-electron chi connectivity index (χ4n) is 3.19. The Kier molecular flexibility index (Phi) is 4.28. The molecule has 0 radical (unpaired) electrons. The van der Waals surface area contributed by atoms with Gasteiger partial charge in [0, 0.05) is 0 Å². The predicted molar refractivity (Wildman–Crippen MR) is 59.7 cm³/mol. The molecule has 0 aromatic heterocycles. The van der Waals surface area contributed by atoms with Gasteiger partial charge in [-0.1, -0.05) is 47.0 Å². The molecule has 0 aliphatic heterocycles. The summed E-state index contributed by atoms with van der Waals surface area (Å²) in [5, 5.41) is 0. The Labute approximate surface area is 84.1 Å². The average molecular weight is 182 g/mol. The van der Waals surface area contributed by atoms with Crippen LogP contribution in [0.5, 0.6) is 0 Å². The maximum atomic E-state index is 2.46. The zero-order valence-electron chi connectivity index (χ0n) is 9.84. The van der Waals surface area contributed by atoms with E-state index in [2.05, 4.69) is 27.7 Å². The van der Waals surface area contributed by atoms with Crippen molar-refractivity contribution < 1.29 is 0 Å². The van der Waals surface area contributed by atoms with E-state index < -0.39 is 0 Å². The van der Waals surface area contributed by atoms with E-state index >= 15 is 0 Å². The van der Waals surface area contributed by atoms with E-state index in [0.29, 0.717) is 0 Å². The topological polar surface area (TPSA) is 0 Å². The minimum atomic E-state index is 0.901. The summed E-state index contributed by atoms with van der Waals surface area (Å²) in [5.74, 6) is 3.94. The number of hydrogen-bond donors (Lipinski definition) is 0. The zero-order chi connectivity index (χ0) is 9.84. The van der Waals surface area contributed by atoms with Crippen LogP contribution >= 0.6 is 0 Å². The van der Waals surface area contributed by atoms with Gasteiger partial charge in [0.05, 0.1) is 0 Å². The van der Waals surface area contributed by atoms with Crippen molar-refractivity contribution in [2.75, 3.05) is 0 Å². The third-order valence-electron chi connectivity index (χ3n) is 3.90. The van der Waals surface area contributed by atoms with Crippen LogP contribution in [0.2, 0.25) is 0 Å². The molecule has 0 heteroatoms. The smallest absolute Gasteiger partial charge is 0.0365 e. The van der Waals surface area contributed by atoms with Crippen LogP contribution in [0.15, 0.2) is 0 Å². The molecule has 1 saturated carbocycles. The molecule has 3 unspecified atom stereocenters. The zero-order valence-corrected chi connectivity index (χ0v) is 9.84. The first-order valence-corrected chi connectivity index (χ1v) is 6.15. The molecule has 3 atom stereocenters. The fraction of sp³-hybridized carbons (Fsp3) is 1.00. The van der Waals surface area contributed by atoms with E-state index in [9.17, 15) is 0 Å². The van der Waals surface area contributed by atoms with Gasteiger partial charge < -0.3 is 0 Å². The van der Waals surface area contributed by atoms with Gasteiger partial charge in [-0.05, 0) is 36.5 Å². The Morgan fingerprint density at radius 1 is 1.23 bits per heavy atom. The molecular formula is C13H26. The number of rotatable bonds is 3. The summed E-state index contributed by atoms with van der Waals surface area (Å²) in [4.78, 5) is 0. The lowest BCUT2D eigenvalue weighted by Gasteiger charge is -2.36. The van der Waals surface area contributed by atoms with Crippen molar-refractivity contribution in [1.82, 2.24) is 0 Å². The highest BCUT2D eigenvalue weighted by Crippen LogP contribution is 2.39. The summed E-state index contributed by atoms with van der Waals surface area (Å²) in [5.41, 5.74) is 0. The summed E-state index contributed by atoms with van der Waals surface area (Å²) in [6.45, 7) is 9.56. The van der Waals surface area contributed by atoms with Gasteiger partial charge in [-0.2, -0.15) is 0 Å². The van der Waals surface area contributed by atoms with Gasteiger partial charge in [-0.3, -0.25) is 0 Å². The molecule has 0 aromatic carbocycles. The van der Waals surface area contributed by atoms with Crippen LogP contribution in [0.25, 0.3) is 0 Å². The van der Waals surface area contributed by atoms with Crippen LogP contribution in [0, 0.1) is 23.7 Å². The molecule has 0 saturated heterocycles. The molecule has 1 rings (SSSR count). The van der Waals surface area contributed by atoms with Crippen molar-refractivity contribution in [2.24, 2.45) is 23.7 Å². The van der Waals surface area contributed by atoms with E-state index in [-0.39, 0.29) is 0 Å². The van der Waals surface area contributed by atoms with Gasteiger partial charge in [-0.15, -0.1) is 0 Å². The minimum absolute atomic E-state index is 0.901. The van der Waals surface area contributed by atoms with Gasteiger partial charge in [-0.25, -0.2) is 0 Å². The Morgan fingerprint density at radius 3 is 2.38 bits per heavy atom. The second-order valence-corrected chi connectivity index (χ2v) is 5.35. The van der Waals surface area contributed by atoms with Crippen molar-refractivity contribution in [3.63, 3.8) is 0 Å². The minimum Gasteiger partial charge on any atom is -0.0654 e. The summed E-state index contributed by atoms with van der Waals surface area (Å²) in [6, 6.07) is 0. The van der Waals surface area contributed by atoms with Gasteiger partial charge in [0.15, 0.2) is 0 Å². The van der Waals surface area contributed by atoms with Crippen molar-refractivity contribution in [1.29, 1.82) is 0 Å². The Balaban J connectivity index is 2.37. The van der Waals surface area contributed by atoms with Crippen molar-refractivity contribution in [2.45, 2.75) is 59.8 Å². The molecule has 0 heterocycles. The molecule has 0 aromatic rings. The molecule has 0 amide bonds. The summed E-state index contributed by atoms with van der Waals surface area (Å²) in [6.07, 6.45) is 7.33. The molecule has 78 valence electrons. The molecular weight excluding hydrogens is 156 g/mol. The monoisotopic (exact) mass is 182 g/mol. The third kappa shape index (κ3) is 3.00. The van der Waals surface area contributed by atoms with E-state index in [1.165, 1.54) is 32.1 Å². The lowest BCUT2D eigenvalue weighted by molar-refractivity contribution is 0.145. The van der Waals surface area contributed by atoms with Crippen LogP contribution in [0.3, 0.4) is 0 Å². The second-order valence-electron chi connectivity index (χ2n) is 5.35. The first-order chi connectivity index (χ1) is 6.15. The molecule has 1 fully saturated rings. The molecule has 13 heavy (non-hydrogen) atoms. The molecule has 1 aliphatic rings. The lowest BCUT2D eigenvalue weighted by atomic mass is 9.69. The fourth-order valence-corrected chi connectivity index (χ4v) is 3.19. The molecule has 0 spiro atoms. The maximum absolute atomic E-state index is 2.46. The SMILES string of the molecule is CCCC1CCC(C(C)C)C(C)C1. The lowest BCUT2D eigenvalue weighted by Crippen LogP contribution is -2.26. The molecule has 0 bridgehead atoms. The highest BCUT2D eigenvalue weighted by Gasteiger charge is 2.28. The maximum Gasteiger partial charge on any atom is -0.0365 e. The molecule has 0 nitrogen and oxygen atoms in total. The number of hydrogen-bond acceptors (Lipinski definition) is 0. The van der Waals surface area contributed by atoms with Crippen LogP contribution in [-0.2, 0) is 0 Å². The van der Waals surface area contributed by atoms with E-state index in [4.69, 9.17) is 0 Å². The van der Waals surface area contributed by atoms with Gasteiger partial charge in [0.25, 0.3) is 0 Å². The summed E-state index contributed by atoms with van der Waals surface area (Å²) >= 11 is 0. The highest BCUT2D eigenvalue weighted by atomic mass is 14.3. The van der Waals surface area contributed by atoms with Crippen molar-refractivity contribution in [3.05, 3.63) is 0 Å². The Bertz CT molecular complexity index is 137. The highest BCUT2D eigenvalue weighted by molar-refractivity contribution is 4.79. The summed E-state index contributed by atoms with van der Waals surface area (Å²) in [7, 11) is 0. The van der Waals surface area contributed by atoms with E-state index in [1.807, 2.05) is 0 Å². The first-order valence-electron chi connectivity index (χ1n) is 6.15. The second kappa shape index (κ2) is 5.02. The largest absolute Gasteiger partial charge is 0.0654 e. The quantitative estimate of drug-likeness (QED) is 0.603.